The summed E-state index contributed by atoms with van der Waals surface area (Å²) in [5, 5.41) is 6.20. The highest BCUT2D eigenvalue weighted by atomic mass is 32.1. The first kappa shape index (κ1) is 33.0. The van der Waals surface area contributed by atoms with E-state index in [0.717, 1.165) is 44.6 Å². The summed E-state index contributed by atoms with van der Waals surface area (Å²) in [7, 11) is 0. The minimum atomic E-state index is 0.648. The molecular weight excluding hydrogens is 713 g/mol. The molecule has 0 aliphatic rings. The van der Waals surface area contributed by atoms with Crippen molar-refractivity contribution in [3.05, 3.63) is 194 Å². The van der Waals surface area contributed by atoms with E-state index in [9.17, 15) is 0 Å². The third kappa shape index (κ3) is 5.84. The standard InChI is InChI=1S/C52H32N4S/c1-4-13-36(14-5-1)48-42-31-32-45-47(46(42)41-19-10-11-22-44(41)53-48)43-21-12-20-40(49(43)57-45)35-27-23-33(24-28-35)34-25-29-39(30-26-34)52-55-50(37-15-6-2-7-16-37)54-51(56-52)38-17-8-3-9-18-38/h1-32H. The quantitative estimate of drug-likeness (QED) is 0.159. The van der Waals surface area contributed by atoms with Gasteiger partial charge in [0.05, 0.1) is 11.2 Å². The van der Waals surface area contributed by atoms with Gasteiger partial charge in [-0.25, -0.2) is 19.9 Å². The Bertz CT molecular complexity index is 3190. The lowest BCUT2D eigenvalue weighted by atomic mass is 9.95. The van der Waals surface area contributed by atoms with Crippen molar-refractivity contribution in [3.63, 3.8) is 0 Å². The average Bonchev–Trinajstić information content (AvgIpc) is 3.69. The Morgan fingerprint density at radius 3 is 1.40 bits per heavy atom. The van der Waals surface area contributed by atoms with E-state index in [-0.39, 0.29) is 0 Å². The molecule has 0 aliphatic heterocycles. The summed E-state index contributed by atoms with van der Waals surface area (Å²) >= 11 is 1.87. The summed E-state index contributed by atoms with van der Waals surface area (Å²) in [6.45, 7) is 0. The number of aromatic nitrogens is 4. The maximum absolute atomic E-state index is 5.19. The second kappa shape index (κ2) is 13.7. The Balaban J connectivity index is 0.963. The van der Waals surface area contributed by atoms with Gasteiger partial charge in [0.1, 0.15) is 0 Å². The number of para-hydroxylation sites is 1. The molecule has 0 saturated carbocycles. The molecule has 0 unspecified atom stereocenters. The summed E-state index contributed by atoms with van der Waals surface area (Å²) in [6.07, 6.45) is 0. The normalized spacial score (nSPS) is 11.5. The van der Waals surface area contributed by atoms with Crippen molar-refractivity contribution in [1.29, 1.82) is 0 Å². The zero-order chi connectivity index (χ0) is 37.7. The highest BCUT2D eigenvalue weighted by Crippen LogP contribution is 2.46. The molecule has 3 aromatic heterocycles. The summed E-state index contributed by atoms with van der Waals surface area (Å²) in [6, 6.07) is 68.0. The van der Waals surface area contributed by atoms with Crippen LogP contribution in [0.1, 0.15) is 0 Å². The minimum absolute atomic E-state index is 0.648. The molecule has 266 valence electrons. The van der Waals surface area contributed by atoms with Gasteiger partial charge in [-0.1, -0.05) is 182 Å². The van der Waals surface area contributed by atoms with Crippen LogP contribution >= 0.6 is 11.3 Å². The second-order valence-corrected chi connectivity index (χ2v) is 15.2. The molecule has 0 aliphatic carbocycles. The highest BCUT2D eigenvalue weighted by molar-refractivity contribution is 7.26. The largest absolute Gasteiger partial charge is 0.247 e. The molecule has 0 fully saturated rings. The maximum atomic E-state index is 5.19. The zero-order valence-electron chi connectivity index (χ0n) is 30.7. The van der Waals surface area contributed by atoms with Gasteiger partial charge in [-0.05, 0) is 34.4 Å². The fourth-order valence-electron chi connectivity index (χ4n) is 7.97. The van der Waals surface area contributed by atoms with Crippen LogP contribution in [0, 0.1) is 0 Å². The van der Waals surface area contributed by atoms with Crippen molar-refractivity contribution < 1.29 is 0 Å². The number of thiophene rings is 1. The summed E-state index contributed by atoms with van der Waals surface area (Å²) in [5.74, 6) is 1.96. The van der Waals surface area contributed by atoms with Gasteiger partial charge in [0, 0.05) is 58.6 Å². The minimum Gasteiger partial charge on any atom is -0.247 e. The SMILES string of the molecule is c1ccc(-c2nc(-c3ccccc3)nc(-c3ccc(-c4ccc(-c5cccc6c5sc5ccc7c(-c8ccccc8)nc8ccccc8c7c56)cc4)cc3)n2)cc1. The van der Waals surface area contributed by atoms with Gasteiger partial charge < -0.3 is 0 Å². The molecule has 8 aromatic carbocycles. The van der Waals surface area contributed by atoms with Gasteiger partial charge in [0.2, 0.25) is 0 Å². The van der Waals surface area contributed by atoms with Crippen LogP contribution in [0.25, 0.3) is 110 Å². The smallest absolute Gasteiger partial charge is 0.164 e. The van der Waals surface area contributed by atoms with E-state index in [2.05, 4.69) is 133 Å². The first-order valence-corrected chi connectivity index (χ1v) is 19.9. The average molecular weight is 745 g/mol. The fraction of sp³-hybridized carbons (Fsp3) is 0. The molecule has 0 radical (unpaired) electrons. The van der Waals surface area contributed by atoms with Crippen molar-refractivity contribution in [1.82, 2.24) is 19.9 Å². The van der Waals surface area contributed by atoms with E-state index in [4.69, 9.17) is 19.9 Å². The third-order valence-electron chi connectivity index (χ3n) is 10.7. The van der Waals surface area contributed by atoms with E-state index < -0.39 is 0 Å². The van der Waals surface area contributed by atoms with E-state index in [1.807, 2.05) is 72.0 Å². The van der Waals surface area contributed by atoms with Gasteiger partial charge in [-0.3, -0.25) is 0 Å². The third-order valence-corrected chi connectivity index (χ3v) is 11.9. The predicted octanol–water partition coefficient (Wildman–Crippen LogP) is 13.9. The van der Waals surface area contributed by atoms with E-state index in [1.165, 1.54) is 47.5 Å². The Hall–Kier alpha value is -7.34. The topological polar surface area (TPSA) is 51.6 Å². The summed E-state index contributed by atoms with van der Waals surface area (Å²) in [4.78, 5) is 19.9. The van der Waals surface area contributed by atoms with Crippen LogP contribution in [0.2, 0.25) is 0 Å². The molecule has 11 rings (SSSR count). The van der Waals surface area contributed by atoms with E-state index in [0.29, 0.717) is 17.5 Å². The van der Waals surface area contributed by atoms with Gasteiger partial charge in [-0.15, -0.1) is 11.3 Å². The van der Waals surface area contributed by atoms with Crippen molar-refractivity contribution in [2.24, 2.45) is 0 Å². The number of rotatable bonds is 6. The summed E-state index contributed by atoms with van der Waals surface area (Å²) < 4.78 is 2.57. The number of benzene rings is 8. The van der Waals surface area contributed by atoms with Gasteiger partial charge in [0.15, 0.2) is 17.5 Å². The molecule has 5 heteroatoms. The van der Waals surface area contributed by atoms with Crippen LogP contribution in [0.5, 0.6) is 0 Å². The first-order chi connectivity index (χ1) is 28.2. The number of fused-ring (bicyclic) bond motifs is 7. The van der Waals surface area contributed by atoms with Gasteiger partial charge in [0.25, 0.3) is 0 Å². The maximum Gasteiger partial charge on any atom is 0.164 e. The molecule has 0 saturated heterocycles. The van der Waals surface area contributed by atoms with Crippen LogP contribution in [0.3, 0.4) is 0 Å². The number of nitrogens with zero attached hydrogens (tertiary/aromatic N) is 4. The zero-order valence-corrected chi connectivity index (χ0v) is 31.5. The molecule has 11 aromatic rings. The molecule has 3 heterocycles. The molecule has 0 spiro atoms. The fourth-order valence-corrected chi connectivity index (χ4v) is 9.21. The lowest BCUT2D eigenvalue weighted by Crippen LogP contribution is -2.00. The lowest BCUT2D eigenvalue weighted by Gasteiger charge is -2.11. The first-order valence-electron chi connectivity index (χ1n) is 19.1. The Labute approximate surface area is 333 Å². The molecule has 0 N–H and O–H groups in total. The predicted molar refractivity (Wildman–Crippen MR) is 238 cm³/mol. The van der Waals surface area contributed by atoms with Gasteiger partial charge in [-0.2, -0.15) is 0 Å². The van der Waals surface area contributed by atoms with Crippen LogP contribution in [0.4, 0.5) is 0 Å². The van der Waals surface area contributed by atoms with E-state index >= 15 is 0 Å². The number of pyridine rings is 1. The number of hydrogen-bond acceptors (Lipinski definition) is 5. The molecule has 0 amide bonds. The molecule has 0 atom stereocenters. The Morgan fingerprint density at radius 2 is 0.789 bits per heavy atom. The van der Waals surface area contributed by atoms with Crippen LogP contribution in [-0.2, 0) is 0 Å². The number of hydrogen-bond donors (Lipinski definition) is 0. The van der Waals surface area contributed by atoms with Crippen molar-refractivity contribution in [2.45, 2.75) is 0 Å². The second-order valence-electron chi connectivity index (χ2n) is 14.2. The van der Waals surface area contributed by atoms with Crippen LogP contribution in [0.15, 0.2) is 194 Å². The molecular formula is C52H32N4S. The molecule has 0 bridgehead atoms. The van der Waals surface area contributed by atoms with Crippen molar-refractivity contribution in [2.75, 3.05) is 0 Å². The van der Waals surface area contributed by atoms with E-state index in [1.54, 1.807) is 0 Å². The lowest BCUT2D eigenvalue weighted by molar-refractivity contribution is 1.07. The monoisotopic (exact) mass is 744 g/mol. The Morgan fingerprint density at radius 1 is 0.298 bits per heavy atom. The molecule has 57 heavy (non-hydrogen) atoms. The van der Waals surface area contributed by atoms with Crippen molar-refractivity contribution >= 4 is 53.2 Å². The summed E-state index contributed by atoms with van der Waals surface area (Å²) in [5.41, 5.74) is 10.7. The highest BCUT2D eigenvalue weighted by Gasteiger charge is 2.18. The van der Waals surface area contributed by atoms with Crippen LogP contribution in [-0.4, -0.2) is 19.9 Å². The van der Waals surface area contributed by atoms with Crippen LogP contribution < -0.4 is 0 Å². The van der Waals surface area contributed by atoms with Gasteiger partial charge >= 0.3 is 0 Å². The Kier molecular flexibility index (Phi) is 7.97. The molecule has 4 nitrogen and oxygen atoms in total. The van der Waals surface area contributed by atoms with Crippen molar-refractivity contribution in [3.8, 4) is 67.7 Å².